The van der Waals surface area contributed by atoms with Crippen molar-refractivity contribution in [1.29, 1.82) is 5.26 Å². The van der Waals surface area contributed by atoms with Crippen molar-refractivity contribution in [2.75, 3.05) is 7.11 Å². The summed E-state index contributed by atoms with van der Waals surface area (Å²) < 4.78 is 39.3. The Morgan fingerprint density at radius 2 is 1.93 bits per heavy atom. The molecule has 0 spiro atoms. The summed E-state index contributed by atoms with van der Waals surface area (Å²) >= 11 is 0. The molecule has 0 bridgehead atoms. The van der Waals surface area contributed by atoms with Crippen molar-refractivity contribution in [3.05, 3.63) is 64.9 Å². The zero-order valence-electron chi connectivity index (χ0n) is 14.0. The number of esters is 1. The molecule has 0 amide bonds. The van der Waals surface area contributed by atoms with Crippen molar-refractivity contribution in [2.24, 2.45) is 4.99 Å². The van der Waals surface area contributed by atoms with E-state index in [1.807, 2.05) is 6.07 Å². The summed E-state index contributed by atoms with van der Waals surface area (Å²) in [5.74, 6) is -0.728. The Kier molecular flexibility index (Phi) is 5.13. The Hall–Kier alpha value is -3.73. The van der Waals surface area contributed by atoms with Crippen molar-refractivity contribution >= 4 is 17.9 Å². The molecule has 6 nitrogen and oxygen atoms in total. The average molecular weight is 370 g/mol. The number of cyclic esters (lactones) is 1. The van der Waals surface area contributed by atoms with E-state index in [2.05, 4.69) is 9.73 Å². The molecule has 0 fully saturated rings. The maximum atomic E-state index is 12.4. The summed E-state index contributed by atoms with van der Waals surface area (Å²) in [6.45, 7) is -2.99. The lowest BCUT2D eigenvalue weighted by Gasteiger charge is -2.10. The van der Waals surface area contributed by atoms with Crippen molar-refractivity contribution < 1.29 is 27.8 Å². The van der Waals surface area contributed by atoms with E-state index in [-0.39, 0.29) is 23.1 Å². The zero-order valence-corrected chi connectivity index (χ0v) is 14.0. The molecule has 0 atom stereocenters. The first kappa shape index (κ1) is 18.1. The smallest absolute Gasteiger partial charge is 0.387 e. The van der Waals surface area contributed by atoms with E-state index < -0.39 is 12.6 Å². The molecule has 1 aliphatic heterocycles. The van der Waals surface area contributed by atoms with Gasteiger partial charge in [-0.15, -0.1) is 0 Å². The van der Waals surface area contributed by atoms with Gasteiger partial charge in [-0.2, -0.15) is 14.0 Å². The molecule has 0 saturated heterocycles. The molecule has 3 rings (SSSR count). The highest BCUT2D eigenvalue weighted by Gasteiger charge is 2.25. The average Bonchev–Trinajstić information content (AvgIpc) is 3.02. The minimum absolute atomic E-state index is 0.0155. The van der Waals surface area contributed by atoms with Crippen LogP contribution in [0.15, 0.2) is 53.2 Å². The summed E-state index contributed by atoms with van der Waals surface area (Å²) in [6.07, 6.45) is 1.52. The van der Waals surface area contributed by atoms with Gasteiger partial charge in [0, 0.05) is 5.56 Å². The third-order valence-electron chi connectivity index (χ3n) is 3.59. The van der Waals surface area contributed by atoms with E-state index in [1.165, 1.54) is 31.4 Å². The summed E-state index contributed by atoms with van der Waals surface area (Å²) in [4.78, 5) is 16.2. The molecular formula is C19H12F2N2O4. The van der Waals surface area contributed by atoms with Crippen LogP contribution in [-0.4, -0.2) is 25.6 Å². The SMILES string of the molecule is COc1cc(C2=N/C(=C\c3ccc(C#N)cc3)C(=O)O2)ccc1OC(F)F. The Morgan fingerprint density at radius 1 is 1.19 bits per heavy atom. The first-order chi connectivity index (χ1) is 13.0. The van der Waals surface area contributed by atoms with Crippen LogP contribution in [0.1, 0.15) is 16.7 Å². The highest BCUT2D eigenvalue weighted by atomic mass is 19.3. The molecule has 1 heterocycles. The van der Waals surface area contributed by atoms with Crippen LogP contribution < -0.4 is 9.47 Å². The number of methoxy groups -OCH3 is 1. The fraction of sp³-hybridized carbons (Fsp3) is 0.105. The summed E-state index contributed by atoms with van der Waals surface area (Å²) in [5.41, 5.74) is 1.60. The van der Waals surface area contributed by atoms with Crippen molar-refractivity contribution in [3.63, 3.8) is 0 Å². The number of aliphatic imine (C=N–C) groups is 1. The van der Waals surface area contributed by atoms with Gasteiger partial charge in [0.2, 0.25) is 5.90 Å². The predicted octanol–water partition coefficient (Wildman–Crippen LogP) is 3.51. The van der Waals surface area contributed by atoms with E-state index >= 15 is 0 Å². The Bertz CT molecular complexity index is 976. The number of hydrogen-bond acceptors (Lipinski definition) is 6. The van der Waals surface area contributed by atoms with Crippen LogP contribution in [0, 0.1) is 11.3 Å². The number of carbonyl (C=O) groups excluding carboxylic acids is 1. The maximum Gasteiger partial charge on any atom is 0.387 e. The van der Waals surface area contributed by atoms with Crippen LogP contribution in [0.4, 0.5) is 8.78 Å². The molecule has 136 valence electrons. The molecule has 0 unspecified atom stereocenters. The van der Waals surface area contributed by atoms with Crippen LogP contribution >= 0.6 is 0 Å². The first-order valence-electron chi connectivity index (χ1n) is 7.66. The van der Waals surface area contributed by atoms with Gasteiger partial charge in [0.1, 0.15) is 0 Å². The molecule has 0 saturated carbocycles. The van der Waals surface area contributed by atoms with Gasteiger partial charge in [0.15, 0.2) is 17.2 Å². The van der Waals surface area contributed by atoms with Gasteiger partial charge in [-0.05, 0) is 42.0 Å². The number of hydrogen-bond donors (Lipinski definition) is 0. The molecule has 0 N–H and O–H groups in total. The number of nitrogens with zero attached hydrogens (tertiary/aromatic N) is 2. The number of rotatable bonds is 5. The summed E-state index contributed by atoms with van der Waals surface area (Å²) in [5, 5.41) is 8.80. The van der Waals surface area contributed by atoms with Gasteiger partial charge in [0.05, 0.1) is 18.7 Å². The van der Waals surface area contributed by atoms with Gasteiger partial charge >= 0.3 is 12.6 Å². The largest absolute Gasteiger partial charge is 0.493 e. The van der Waals surface area contributed by atoms with Crippen LogP contribution in [0.2, 0.25) is 0 Å². The zero-order chi connectivity index (χ0) is 19.4. The van der Waals surface area contributed by atoms with Gasteiger partial charge in [-0.1, -0.05) is 12.1 Å². The third kappa shape index (κ3) is 4.10. The monoisotopic (exact) mass is 370 g/mol. The predicted molar refractivity (Wildman–Crippen MR) is 91.4 cm³/mol. The standard InChI is InChI=1S/C19H12F2N2O4/c1-25-16-9-13(6-7-15(16)26-19(20)21)17-23-14(18(24)27-17)8-11-2-4-12(10-22)5-3-11/h2-9,19H,1H3/b14-8-. The molecule has 27 heavy (non-hydrogen) atoms. The maximum absolute atomic E-state index is 12.4. The second-order valence-electron chi connectivity index (χ2n) is 5.31. The highest BCUT2D eigenvalue weighted by Crippen LogP contribution is 2.31. The normalized spacial score (nSPS) is 14.7. The summed E-state index contributed by atoms with van der Waals surface area (Å²) in [6, 6.07) is 12.7. The van der Waals surface area contributed by atoms with Crippen molar-refractivity contribution in [1.82, 2.24) is 0 Å². The Balaban J connectivity index is 1.89. The lowest BCUT2D eigenvalue weighted by molar-refractivity contribution is -0.129. The number of nitriles is 1. The minimum Gasteiger partial charge on any atom is -0.493 e. The number of alkyl halides is 2. The van der Waals surface area contributed by atoms with Crippen LogP contribution in [-0.2, 0) is 9.53 Å². The quantitative estimate of drug-likeness (QED) is 0.594. The molecule has 0 aliphatic carbocycles. The van der Waals surface area contributed by atoms with E-state index in [4.69, 9.17) is 14.7 Å². The second-order valence-corrected chi connectivity index (χ2v) is 5.31. The lowest BCUT2D eigenvalue weighted by atomic mass is 10.1. The number of benzene rings is 2. The van der Waals surface area contributed by atoms with E-state index in [0.717, 1.165) is 0 Å². The fourth-order valence-electron chi connectivity index (χ4n) is 2.34. The molecule has 2 aromatic carbocycles. The number of halogens is 2. The van der Waals surface area contributed by atoms with E-state index in [1.54, 1.807) is 24.3 Å². The highest BCUT2D eigenvalue weighted by molar-refractivity contribution is 6.13. The van der Waals surface area contributed by atoms with Crippen LogP contribution in [0.3, 0.4) is 0 Å². The Labute approximate surface area is 152 Å². The lowest BCUT2D eigenvalue weighted by Crippen LogP contribution is -2.07. The van der Waals surface area contributed by atoms with Gasteiger partial charge < -0.3 is 14.2 Å². The Morgan fingerprint density at radius 3 is 2.56 bits per heavy atom. The molecule has 1 aliphatic rings. The number of carbonyl (C=O) groups is 1. The molecule has 0 radical (unpaired) electrons. The molecular weight excluding hydrogens is 358 g/mol. The van der Waals surface area contributed by atoms with Crippen LogP contribution in [0.25, 0.3) is 6.08 Å². The van der Waals surface area contributed by atoms with Crippen molar-refractivity contribution in [2.45, 2.75) is 6.61 Å². The van der Waals surface area contributed by atoms with Gasteiger partial charge in [-0.3, -0.25) is 0 Å². The fourth-order valence-corrected chi connectivity index (χ4v) is 2.34. The third-order valence-corrected chi connectivity index (χ3v) is 3.59. The van der Waals surface area contributed by atoms with Crippen LogP contribution in [0.5, 0.6) is 11.5 Å². The minimum atomic E-state index is -2.99. The molecule has 0 aromatic heterocycles. The number of ether oxygens (including phenoxy) is 3. The van der Waals surface area contributed by atoms with E-state index in [9.17, 15) is 13.6 Å². The van der Waals surface area contributed by atoms with Gasteiger partial charge in [-0.25, -0.2) is 9.79 Å². The molecule has 8 heteroatoms. The topological polar surface area (TPSA) is 80.9 Å². The van der Waals surface area contributed by atoms with Gasteiger partial charge in [0.25, 0.3) is 0 Å². The summed E-state index contributed by atoms with van der Waals surface area (Å²) in [7, 11) is 1.30. The first-order valence-corrected chi connectivity index (χ1v) is 7.66. The van der Waals surface area contributed by atoms with Crippen molar-refractivity contribution in [3.8, 4) is 17.6 Å². The second kappa shape index (κ2) is 7.66. The van der Waals surface area contributed by atoms with E-state index in [0.29, 0.717) is 16.7 Å². The molecule has 2 aromatic rings.